The number of rotatable bonds is 0. The number of carbonyl (C=O) groups is 1. The Morgan fingerprint density at radius 3 is 2.64 bits per heavy atom. The van der Waals surface area contributed by atoms with E-state index in [1.165, 1.54) is 0 Å². The van der Waals surface area contributed by atoms with E-state index in [1.807, 2.05) is 32.9 Å². The molecular formula is C11H12ClNO. The third kappa shape index (κ3) is 1.14. The summed E-state index contributed by atoms with van der Waals surface area (Å²) in [6.45, 7) is 5.78. The quantitative estimate of drug-likeness (QED) is 0.700. The monoisotopic (exact) mass is 209 g/mol. The minimum Gasteiger partial charge on any atom is -0.325 e. The Bertz CT molecular complexity index is 424. The lowest BCUT2D eigenvalue weighted by molar-refractivity contribution is -0.119. The molecule has 74 valence electrons. The summed E-state index contributed by atoms with van der Waals surface area (Å²) in [6, 6.07) is 3.80. The zero-order valence-electron chi connectivity index (χ0n) is 8.44. The van der Waals surface area contributed by atoms with Gasteiger partial charge in [-0.15, -0.1) is 0 Å². The summed E-state index contributed by atoms with van der Waals surface area (Å²) >= 11 is 5.98. The fourth-order valence-electron chi connectivity index (χ4n) is 1.70. The van der Waals surface area contributed by atoms with Crippen molar-refractivity contribution in [2.45, 2.75) is 26.2 Å². The molecule has 1 aromatic rings. The minimum absolute atomic E-state index is 0.0363. The highest BCUT2D eigenvalue weighted by Crippen LogP contribution is 2.39. The Hall–Kier alpha value is -1.02. The first-order chi connectivity index (χ1) is 6.43. The Balaban J connectivity index is 2.67. The summed E-state index contributed by atoms with van der Waals surface area (Å²) in [4.78, 5) is 11.6. The minimum atomic E-state index is -0.440. The summed E-state index contributed by atoms with van der Waals surface area (Å²) in [5.74, 6) is 0.0363. The van der Waals surface area contributed by atoms with Gasteiger partial charge in [-0.2, -0.15) is 0 Å². The maximum atomic E-state index is 11.6. The summed E-state index contributed by atoms with van der Waals surface area (Å²) in [5, 5.41) is 3.53. The van der Waals surface area contributed by atoms with Crippen molar-refractivity contribution in [3.8, 4) is 0 Å². The average molecular weight is 210 g/mol. The largest absolute Gasteiger partial charge is 0.325 e. The van der Waals surface area contributed by atoms with Crippen LogP contribution in [0.4, 0.5) is 5.69 Å². The van der Waals surface area contributed by atoms with E-state index in [0.717, 1.165) is 16.8 Å². The van der Waals surface area contributed by atoms with Gasteiger partial charge in [-0.1, -0.05) is 17.7 Å². The molecule has 0 fully saturated rings. The lowest BCUT2D eigenvalue weighted by Crippen LogP contribution is -2.26. The number of benzene rings is 1. The van der Waals surface area contributed by atoms with Gasteiger partial charge >= 0.3 is 0 Å². The second kappa shape index (κ2) is 2.74. The van der Waals surface area contributed by atoms with Gasteiger partial charge in [0, 0.05) is 10.7 Å². The van der Waals surface area contributed by atoms with Crippen LogP contribution >= 0.6 is 11.6 Å². The molecule has 2 rings (SSSR count). The number of hydrogen-bond acceptors (Lipinski definition) is 1. The van der Waals surface area contributed by atoms with Crippen molar-refractivity contribution in [1.29, 1.82) is 0 Å². The third-order valence-corrected chi connectivity index (χ3v) is 3.20. The molecule has 14 heavy (non-hydrogen) atoms. The molecular weight excluding hydrogens is 198 g/mol. The lowest BCUT2D eigenvalue weighted by Gasteiger charge is -2.15. The van der Waals surface area contributed by atoms with Crippen LogP contribution in [0.1, 0.15) is 25.0 Å². The van der Waals surface area contributed by atoms with Crippen molar-refractivity contribution < 1.29 is 4.79 Å². The molecule has 0 unspecified atom stereocenters. The molecule has 0 radical (unpaired) electrons. The van der Waals surface area contributed by atoms with Crippen LogP contribution in [0.5, 0.6) is 0 Å². The molecule has 1 heterocycles. The molecule has 0 spiro atoms. The summed E-state index contributed by atoms with van der Waals surface area (Å²) in [7, 11) is 0. The molecule has 1 aliphatic rings. The van der Waals surface area contributed by atoms with Gasteiger partial charge in [0.05, 0.1) is 5.41 Å². The Morgan fingerprint density at radius 2 is 2.00 bits per heavy atom. The highest BCUT2D eigenvalue weighted by atomic mass is 35.5. The standard InChI is InChI=1S/C11H12ClNO/c1-6-4-7-9(5-8(6)12)13-10(14)11(7,2)3/h4-5H,1-3H3,(H,13,14). The van der Waals surface area contributed by atoms with Gasteiger partial charge in [-0.25, -0.2) is 0 Å². The molecule has 1 aromatic carbocycles. The van der Waals surface area contributed by atoms with Crippen LogP contribution in [0.15, 0.2) is 12.1 Å². The van der Waals surface area contributed by atoms with E-state index in [-0.39, 0.29) is 5.91 Å². The predicted molar refractivity (Wildman–Crippen MR) is 57.8 cm³/mol. The molecule has 0 atom stereocenters. The number of hydrogen-bond donors (Lipinski definition) is 1. The highest BCUT2D eigenvalue weighted by molar-refractivity contribution is 6.32. The van der Waals surface area contributed by atoms with E-state index in [9.17, 15) is 4.79 Å². The molecule has 0 bridgehead atoms. The number of anilines is 1. The van der Waals surface area contributed by atoms with Gasteiger partial charge in [0.1, 0.15) is 0 Å². The Morgan fingerprint density at radius 1 is 1.36 bits per heavy atom. The fourth-order valence-corrected chi connectivity index (χ4v) is 1.87. The number of halogens is 1. The SMILES string of the molecule is Cc1cc2c(cc1Cl)NC(=O)C2(C)C. The van der Waals surface area contributed by atoms with Gasteiger partial charge in [-0.3, -0.25) is 4.79 Å². The zero-order valence-corrected chi connectivity index (χ0v) is 9.20. The van der Waals surface area contributed by atoms with E-state index in [1.54, 1.807) is 0 Å². The van der Waals surface area contributed by atoms with Gasteiger partial charge in [0.25, 0.3) is 0 Å². The third-order valence-electron chi connectivity index (χ3n) is 2.79. The van der Waals surface area contributed by atoms with Crippen molar-refractivity contribution in [2.75, 3.05) is 5.32 Å². The first-order valence-electron chi connectivity index (χ1n) is 4.55. The number of nitrogens with one attached hydrogen (secondary N) is 1. The van der Waals surface area contributed by atoms with Crippen molar-refractivity contribution >= 4 is 23.2 Å². The van der Waals surface area contributed by atoms with Crippen LogP contribution in [0.3, 0.4) is 0 Å². The molecule has 1 N–H and O–H groups in total. The van der Waals surface area contributed by atoms with E-state index >= 15 is 0 Å². The van der Waals surface area contributed by atoms with Crippen molar-refractivity contribution in [3.63, 3.8) is 0 Å². The van der Waals surface area contributed by atoms with E-state index in [4.69, 9.17) is 11.6 Å². The second-order valence-corrected chi connectivity index (χ2v) is 4.63. The molecule has 0 aliphatic carbocycles. The summed E-state index contributed by atoms with van der Waals surface area (Å²) < 4.78 is 0. The summed E-state index contributed by atoms with van der Waals surface area (Å²) in [5.41, 5.74) is 2.44. The molecule has 0 saturated heterocycles. The van der Waals surface area contributed by atoms with Crippen LogP contribution in [0, 0.1) is 6.92 Å². The van der Waals surface area contributed by atoms with E-state index in [2.05, 4.69) is 5.32 Å². The van der Waals surface area contributed by atoms with Crippen LogP contribution in [-0.4, -0.2) is 5.91 Å². The maximum absolute atomic E-state index is 11.6. The predicted octanol–water partition coefficient (Wildman–Crippen LogP) is 2.88. The lowest BCUT2D eigenvalue weighted by atomic mass is 9.85. The smallest absolute Gasteiger partial charge is 0.234 e. The first-order valence-corrected chi connectivity index (χ1v) is 4.93. The topological polar surface area (TPSA) is 29.1 Å². The number of amides is 1. The molecule has 0 aromatic heterocycles. The first kappa shape index (κ1) is 9.53. The Labute approximate surface area is 88.3 Å². The normalized spacial score (nSPS) is 17.9. The number of carbonyl (C=O) groups excluding carboxylic acids is 1. The average Bonchev–Trinajstić information content (AvgIpc) is 2.28. The van der Waals surface area contributed by atoms with Crippen LogP contribution in [0.25, 0.3) is 0 Å². The molecule has 1 amide bonds. The fraction of sp³-hybridized carbons (Fsp3) is 0.364. The molecule has 1 aliphatic heterocycles. The van der Waals surface area contributed by atoms with Crippen LogP contribution in [-0.2, 0) is 10.2 Å². The van der Waals surface area contributed by atoms with Gasteiger partial charge in [0.2, 0.25) is 5.91 Å². The summed E-state index contributed by atoms with van der Waals surface area (Å²) in [6.07, 6.45) is 0. The number of aryl methyl sites for hydroxylation is 1. The zero-order chi connectivity index (χ0) is 10.5. The van der Waals surface area contributed by atoms with Gasteiger partial charge in [0.15, 0.2) is 0 Å². The van der Waals surface area contributed by atoms with Gasteiger partial charge < -0.3 is 5.32 Å². The molecule has 2 nitrogen and oxygen atoms in total. The van der Waals surface area contributed by atoms with E-state index < -0.39 is 5.41 Å². The van der Waals surface area contributed by atoms with Crippen molar-refractivity contribution in [2.24, 2.45) is 0 Å². The van der Waals surface area contributed by atoms with Crippen LogP contribution in [0.2, 0.25) is 5.02 Å². The second-order valence-electron chi connectivity index (χ2n) is 4.23. The number of fused-ring (bicyclic) bond motifs is 1. The molecule has 3 heteroatoms. The van der Waals surface area contributed by atoms with Crippen molar-refractivity contribution in [1.82, 2.24) is 0 Å². The highest BCUT2D eigenvalue weighted by Gasteiger charge is 2.38. The van der Waals surface area contributed by atoms with Crippen LogP contribution < -0.4 is 5.32 Å². The van der Waals surface area contributed by atoms with Gasteiger partial charge in [-0.05, 0) is 38.0 Å². The maximum Gasteiger partial charge on any atom is 0.234 e. The van der Waals surface area contributed by atoms with E-state index in [0.29, 0.717) is 5.02 Å². The molecule has 0 saturated carbocycles. The van der Waals surface area contributed by atoms with Crippen molar-refractivity contribution in [3.05, 3.63) is 28.3 Å². The Kier molecular flexibility index (Phi) is 1.86.